The summed E-state index contributed by atoms with van der Waals surface area (Å²) in [6, 6.07) is 0. The molecule has 0 atom stereocenters. The first-order chi connectivity index (χ1) is 5.41. The first-order valence-electron chi connectivity index (χ1n) is 2.23. The van der Waals surface area contributed by atoms with E-state index in [1.54, 1.807) is 0 Å². The van der Waals surface area contributed by atoms with Crippen molar-refractivity contribution in [2.45, 2.75) is 0 Å². The van der Waals surface area contributed by atoms with Gasteiger partial charge in [0.05, 0.1) is 6.26 Å². The van der Waals surface area contributed by atoms with Gasteiger partial charge in [0.1, 0.15) is 0 Å². The van der Waals surface area contributed by atoms with Gasteiger partial charge < -0.3 is 34.5 Å². The van der Waals surface area contributed by atoms with Crippen LogP contribution in [0.4, 0.5) is 0 Å². The molecule has 0 spiro atoms. The number of phosphoric acid groups is 2. The second-order valence-corrected chi connectivity index (χ2v) is 3.26. The summed E-state index contributed by atoms with van der Waals surface area (Å²) in [5.41, 5.74) is 0. The van der Waals surface area contributed by atoms with Crippen LogP contribution < -0.4 is 0 Å². The van der Waals surface area contributed by atoms with Gasteiger partial charge in [-0.25, -0.2) is 9.13 Å². The molecule has 0 bridgehead atoms. The van der Waals surface area contributed by atoms with Crippen molar-refractivity contribution < 1.29 is 43.6 Å². The van der Waals surface area contributed by atoms with Crippen LogP contribution in [0.5, 0.6) is 0 Å². The van der Waals surface area contributed by atoms with Gasteiger partial charge in [0.25, 0.3) is 0 Å². The van der Waals surface area contributed by atoms with Crippen LogP contribution in [0.25, 0.3) is 0 Å². The summed E-state index contributed by atoms with van der Waals surface area (Å²) in [6.45, 7) is 2.92. The molecule has 0 aliphatic heterocycles. The Bertz CT molecular complexity index is 170. The van der Waals surface area contributed by atoms with Crippen molar-refractivity contribution >= 4 is 74.8 Å². The summed E-state index contributed by atoms with van der Waals surface area (Å²) in [6.07, 6.45) is 0.750. The Balaban J connectivity index is -0.0000000322. The molecule has 15 heavy (non-hydrogen) atoms. The third-order valence-electron chi connectivity index (χ3n) is 0. The summed E-state index contributed by atoms with van der Waals surface area (Å²) in [4.78, 5) is 43.1. The minimum atomic E-state index is -4.64. The van der Waals surface area contributed by atoms with Crippen LogP contribution in [0.2, 0.25) is 0 Å². The number of rotatable bonds is 0. The SMILES string of the molecule is C=CO.O=P(O)(O)O.O=P(O)(O)O.[NaH].[NaH]. The maximum absolute atomic E-state index is 8.88. The van der Waals surface area contributed by atoms with Gasteiger partial charge in [-0.2, -0.15) is 0 Å². The van der Waals surface area contributed by atoms with E-state index in [0.717, 1.165) is 6.26 Å². The Morgan fingerprint density at radius 3 is 0.800 bits per heavy atom. The van der Waals surface area contributed by atoms with Crippen molar-refractivity contribution in [3.05, 3.63) is 12.8 Å². The molecule has 0 unspecified atom stereocenters. The molecule has 7 N–H and O–H groups in total. The summed E-state index contributed by atoms with van der Waals surface area (Å²) < 4.78 is 17.8. The van der Waals surface area contributed by atoms with Gasteiger partial charge in [-0.1, -0.05) is 6.58 Å². The van der Waals surface area contributed by atoms with Crippen molar-refractivity contribution in [3.63, 3.8) is 0 Å². The molecule has 0 heterocycles. The van der Waals surface area contributed by atoms with Crippen molar-refractivity contribution in [2.24, 2.45) is 0 Å². The van der Waals surface area contributed by atoms with Gasteiger partial charge in [0.2, 0.25) is 0 Å². The summed E-state index contributed by atoms with van der Waals surface area (Å²) >= 11 is 0. The van der Waals surface area contributed by atoms with E-state index < -0.39 is 15.6 Å². The third kappa shape index (κ3) is 963. The topological polar surface area (TPSA) is 176 Å². The Kier molecular flexibility index (Phi) is 31.6. The normalized spacial score (nSPS) is 8.67. The van der Waals surface area contributed by atoms with Crippen molar-refractivity contribution in [3.8, 4) is 0 Å². The number of aliphatic hydroxyl groups excluding tert-OH is 1. The monoisotopic (exact) mass is 288 g/mol. The molecule has 0 saturated heterocycles. The molecule has 0 aliphatic carbocycles. The zero-order valence-electron chi connectivity index (χ0n) is 6.13. The molecule has 9 nitrogen and oxygen atoms in total. The van der Waals surface area contributed by atoms with Crippen LogP contribution in [0, 0.1) is 0 Å². The molecule has 0 aromatic carbocycles. The summed E-state index contributed by atoms with van der Waals surface area (Å²) in [5, 5.41) is 7.33. The number of hydrogen-bond acceptors (Lipinski definition) is 3. The number of aliphatic hydroxyl groups is 1. The van der Waals surface area contributed by atoms with Crippen LogP contribution in [0.15, 0.2) is 12.8 Å². The van der Waals surface area contributed by atoms with E-state index in [9.17, 15) is 0 Å². The van der Waals surface area contributed by atoms with Gasteiger partial charge in [-0.3, -0.25) is 0 Å². The Morgan fingerprint density at radius 2 is 0.800 bits per heavy atom. The van der Waals surface area contributed by atoms with Crippen LogP contribution in [-0.4, -0.2) is 93.6 Å². The van der Waals surface area contributed by atoms with Gasteiger partial charge in [-0.05, 0) is 0 Å². The van der Waals surface area contributed by atoms with Crippen molar-refractivity contribution in [2.75, 3.05) is 0 Å². The average molecular weight is 288 g/mol. The fraction of sp³-hybridized carbons (Fsp3) is 0. The van der Waals surface area contributed by atoms with E-state index in [1.807, 2.05) is 0 Å². The molecule has 0 amide bonds. The molecule has 0 rings (SSSR count). The molecule has 0 saturated carbocycles. The van der Waals surface area contributed by atoms with Crippen molar-refractivity contribution in [1.82, 2.24) is 0 Å². The Labute approximate surface area is 130 Å². The first-order valence-corrected chi connectivity index (χ1v) is 5.36. The van der Waals surface area contributed by atoms with Crippen LogP contribution in [-0.2, 0) is 9.13 Å². The third-order valence-corrected chi connectivity index (χ3v) is 0. The Morgan fingerprint density at radius 1 is 0.800 bits per heavy atom. The van der Waals surface area contributed by atoms with E-state index in [-0.39, 0.29) is 59.1 Å². The summed E-state index contributed by atoms with van der Waals surface area (Å²) in [7, 11) is -9.28. The average Bonchev–Trinajstić information content (AvgIpc) is 1.52. The molecular weight excluding hydrogens is 276 g/mol. The molecule has 0 aromatic rings. The predicted octanol–water partition coefficient (Wildman–Crippen LogP) is -2.47. The summed E-state index contributed by atoms with van der Waals surface area (Å²) in [5.74, 6) is 0. The Hall–Kier alpha value is 1.76. The van der Waals surface area contributed by atoms with E-state index in [2.05, 4.69) is 6.58 Å². The molecule has 0 fully saturated rings. The van der Waals surface area contributed by atoms with E-state index in [4.69, 9.17) is 43.6 Å². The molecule has 0 aliphatic rings. The maximum atomic E-state index is 8.88. The van der Waals surface area contributed by atoms with Gasteiger partial charge >= 0.3 is 74.8 Å². The molecular formula is C2H12Na2O9P2. The zero-order valence-corrected chi connectivity index (χ0v) is 7.91. The second-order valence-electron chi connectivity index (χ2n) is 1.21. The molecule has 13 heteroatoms. The van der Waals surface area contributed by atoms with Crippen LogP contribution in [0.1, 0.15) is 0 Å². The van der Waals surface area contributed by atoms with E-state index in [1.165, 1.54) is 0 Å². The molecule has 86 valence electrons. The van der Waals surface area contributed by atoms with Crippen LogP contribution in [0.3, 0.4) is 0 Å². The minimum absolute atomic E-state index is 0. The van der Waals surface area contributed by atoms with Gasteiger partial charge in [0, 0.05) is 0 Å². The van der Waals surface area contributed by atoms with E-state index >= 15 is 0 Å². The zero-order chi connectivity index (χ0) is 11.7. The fourth-order valence-corrected chi connectivity index (χ4v) is 0. The van der Waals surface area contributed by atoms with Crippen molar-refractivity contribution in [1.29, 1.82) is 0 Å². The van der Waals surface area contributed by atoms with Gasteiger partial charge in [-0.15, -0.1) is 0 Å². The predicted molar refractivity (Wildman–Crippen MR) is 55.6 cm³/mol. The second kappa shape index (κ2) is 15.8. The molecule has 0 radical (unpaired) electrons. The fourth-order valence-electron chi connectivity index (χ4n) is 0. The standard InChI is InChI=1S/C2H4O.2Na.2H3O4P.2H/c1-2-3;;;2*1-5(2,3)4;;/h2-3H,1H2;;;2*(H3,1,2,3,4);;. The number of hydrogen-bond donors (Lipinski definition) is 7. The first kappa shape index (κ1) is 30.1. The van der Waals surface area contributed by atoms with Crippen LogP contribution >= 0.6 is 15.6 Å². The molecule has 0 aromatic heterocycles. The van der Waals surface area contributed by atoms with Gasteiger partial charge in [0.15, 0.2) is 0 Å². The quantitative estimate of drug-likeness (QED) is 0.145. The van der Waals surface area contributed by atoms with E-state index in [0.29, 0.717) is 0 Å².